The molecule has 5 heterocycles. The number of hydrogen-bond acceptors (Lipinski definition) is 10. The van der Waals surface area contributed by atoms with E-state index in [4.69, 9.17) is 14.5 Å². The Balaban J connectivity index is 1.18. The van der Waals surface area contributed by atoms with Crippen LogP contribution in [0.2, 0.25) is 0 Å². The van der Waals surface area contributed by atoms with E-state index in [0.29, 0.717) is 42.8 Å². The Morgan fingerprint density at radius 3 is 2.61 bits per heavy atom. The molecule has 3 aliphatic heterocycles. The third-order valence-corrected chi connectivity index (χ3v) is 8.10. The monoisotopic (exact) mass is 600 g/mol. The van der Waals surface area contributed by atoms with Gasteiger partial charge in [0.1, 0.15) is 17.9 Å². The summed E-state index contributed by atoms with van der Waals surface area (Å²) in [5.41, 5.74) is 6.22. The van der Waals surface area contributed by atoms with Crippen LogP contribution in [0.15, 0.2) is 30.6 Å². The number of rotatable bonds is 5. The molecule has 0 radical (unpaired) electrons. The predicted octanol–water partition coefficient (Wildman–Crippen LogP) is 3.97. The fraction of sp³-hybridized carbons (Fsp3) is 0.469. The summed E-state index contributed by atoms with van der Waals surface area (Å²) in [6.45, 7) is 13.3. The molecule has 0 atom stereocenters. The summed E-state index contributed by atoms with van der Waals surface area (Å²) in [4.78, 5) is 45.8. The lowest BCUT2D eigenvalue weighted by Crippen LogP contribution is -2.57. The molecule has 0 aliphatic carbocycles. The molecule has 1 fully saturated rings. The summed E-state index contributed by atoms with van der Waals surface area (Å²) in [6, 6.07) is 5.86. The molecule has 6 rings (SSSR count). The van der Waals surface area contributed by atoms with E-state index in [2.05, 4.69) is 30.4 Å². The number of amides is 2. The van der Waals surface area contributed by atoms with Crippen molar-refractivity contribution in [3.8, 4) is 5.88 Å². The number of pyridine rings is 1. The van der Waals surface area contributed by atoms with Gasteiger partial charge in [-0.1, -0.05) is 0 Å². The van der Waals surface area contributed by atoms with Gasteiger partial charge in [-0.2, -0.15) is 0 Å². The molecule has 232 valence electrons. The molecule has 0 saturated carbocycles. The number of likely N-dealkylation sites (N-methyl/N-ethyl adjacent to an activating group) is 1. The maximum atomic E-state index is 13.1. The fourth-order valence-electron chi connectivity index (χ4n) is 5.89. The lowest BCUT2D eigenvalue weighted by molar-refractivity contribution is 0.0566. The SMILES string of the molecule is Cc1cc(Nc2ncc3c(n2)CN(c2cnc4c(c2C)N(C(=O)OC(C)(C)C)CCO4)CC3)ccc1C(=O)NC1CN(C)C1. The van der Waals surface area contributed by atoms with Crippen LogP contribution in [0.5, 0.6) is 5.88 Å². The zero-order valence-electron chi connectivity index (χ0n) is 26.2. The Kier molecular flexibility index (Phi) is 7.79. The van der Waals surface area contributed by atoms with Crippen LogP contribution in [0, 0.1) is 13.8 Å². The highest BCUT2D eigenvalue weighted by molar-refractivity contribution is 5.96. The quantitative estimate of drug-likeness (QED) is 0.444. The Hall–Kier alpha value is -4.45. The molecule has 0 unspecified atom stereocenters. The number of hydrogen-bond donors (Lipinski definition) is 2. The third-order valence-electron chi connectivity index (χ3n) is 8.10. The maximum Gasteiger partial charge on any atom is 0.415 e. The number of carbonyl (C=O) groups excluding carboxylic acids is 2. The first kappa shape index (κ1) is 29.6. The van der Waals surface area contributed by atoms with Crippen LogP contribution >= 0.6 is 0 Å². The van der Waals surface area contributed by atoms with Gasteiger partial charge in [0, 0.05) is 42.6 Å². The minimum atomic E-state index is -0.612. The van der Waals surface area contributed by atoms with Gasteiger partial charge in [0.25, 0.3) is 5.91 Å². The second-order valence-electron chi connectivity index (χ2n) is 12.8. The van der Waals surface area contributed by atoms with Gasteiger partial charge >= 0.3 is 6.09 Å². The molecule has 12 heteroatoms. The molecule has 0 spiro atoms. The van der Waals surface area contributed by atoms with E-state index >= 15 is 0 Å². The zero-order valence-corrected chi connectivity index (χ0v) is 26.2. The summed E-state index contributed by atoms with van der Waals surface area (Å²) < 4.78 is 11.5. The Morgan fingerprint density at radius 1 is 1.09 bits per heavy atom. The Bertz CT molecular complexity index is 1600. The minimum absolute atomic E-state index is 0.0509. The Labute approximate surface area is 257 Å². The van der Waals surface area contributed by atoms with Crippen molar-refractivity contribution in [2.24, 2.45) is 0 Å². The molecule has 2 N–H and O–H groups in total. The van der Waals surface area contributed by atoms with E-state index in [1.165, 1.54) is 0 Å². The number of anilines is 4. The molecule has 2 amide bonds. The number of nitrogens with zero attached hydrogens (tertiary/aromatic N) is 6. The van der Waals surface area contributed by atoms with Crippen LogP contribution in [0.3, 0.4) is 0 Å². The molecular formula is C32H40N8O4. The van der Waals surface area contributed by atoms with Crippen LogP contribution in [0.1, 0.15) is 53.5 Å². The summed E-state index contributed by atoms with van der Waals surface area (Å²) in [6.07, 6.45) is 4.05. The standard InChI is InChI=1S/C32H40N8O4/c1-19-13-22(7-8-24(19)28(41)35-23-16-38(6)17-23)36-30-34-14-21-9-10-39(18-25(21)37-30)26-15-33-29-27(20(26)2)40(11-12-43-29)31(42)44-32(3,4)5/h7-8,13-15,23H,9-12,16-18H2,1-6H3,(H,35,41)(H,34,36,37). The lowest BCUT2D eigenvalue weighted by Gasteiger charge is -2.36. The topological polar surface area (TPSA) is 125 Å². The number of benzene rings is 1. The van der Waals surface area contributed by atoms with Crippen molar-refractivity contribution in [2.45, 2.75) is 59.2 Å². The summed E-state index contributed by atoms with van der Waals surface area (Å²) >= 11 is 0. The van der Waals surface area contributed by atoms with Crippen LogP contribution in [0.25, 0.3) is 0 Å². The number of aryl methyl sites for hydroxylation is 1. The molecule has 3 aliphatic rings. The van der Waals surface area contributed by atoms with Gasteiger partial charge in [0.2, 0.25) is 11.8 Å². The van der Waals surface area contributed by atoms with Crippen LogP contribution in [0.4, 0.5) is 27.8 Å². The summed E-state index contributed by atoms with van der Waals surface area (Å²) in [5, 5.41) is 6.40. The first-order valence-electron chi connectivity index (χ1n) is 15.0. The number of carbonyl (C=O) groups is 2. The summed E-state index contributed by atoms with van der Waals surface area (Å²) in [5.74, 6) is 0.874. The van der Waals surface area contributed by atoms with Crippen LogP contribution in [-0.4, -0.2) is 83.3 Å². The molecular weight excluding hydrogens is 560 g/mol. The second kappa shape index (κ2) is 11.6. The van der Waals surface area contributed by atoms with Gasteiger partial charge < -0.3 is 29.9 Å². The largest absolute Gasteiger partial charge is 0.474 e. The normalized spacial score (nSPS) is 16.8. The van der Waals surface area contributed by atoms with Crippen LogP contribution < -0.4 is 25.2 Å². The molecule has 12 nitrogen and oxygen atoms in total. The third kappa shape index (κ3) is 6.12. The highest BCUT2D eigenvalue weighted by atomic mass is 16.6. The van der Waals surface area contributed by atoms with Crippen molar-refractivity contribution in [2.75, 3.05) is 55.0 Å². The van der Waals surface area contributed by atoms with Gasteiger partial charge in [0.15, 0.2) is 0 Å². The average Bonchev–Trinajstić information content (AvgIpc) is 2.95. The highest BCUT2D eigenvalue weighted by Crippen LogP contribution is 2.39. The molecule has 3 aromatic rings. The van der Waals surface area contributed by atoms with Crippen molar-refractivity contribution in [1.29, 1.82) is 0 Å². The van der Waals surface area contributed by atoms with Crippen molar-refractivity contribution in [3.05, 3.63) is 58.5 Å². The lowest BCUT2D eigenvalue weighted by atomic mass is 10.0. The first-order valence-corrected chi connectivity index (χ1v) is 15.0. The molecule has 44 heavy (non-hydrogen) atoms. The van der Waals surface area contributed by atoms with E-state index in [9.17, 15) is 9.59 Å². The molecule has 0 bridgehead atoms. The Morgan fingerprint density at radius 2 is 1.89 bits per heavy atom. The fourth-order valence-corrected chi connectivity index (χ4v) is 5.89. The van der Waals surface area contributed by atoms with E-state index < -0.39 is 11.7 Å². The van der Waals surface area contributed by atoms with E-state index in [0.717, 1.165) is 59.8 Å². The average molecular weight is 601 g/mol. The summed E-state index contributed by atoms with van der Waals surface area (Å²) in [7, 11) is 2.04. The van der Waals surface area contributed by atoms with Gasteiger partial charge in [-0.15, -0.1) is 0 Å². The van der Waals surface area contributed by atoms with Gasteiger partial charge in [-0.3, -0.25) is 9.69 Å². The molecule has 1 saturated heterocycles. The van der Waals surface area contributed by atoms with Crippen molar-refractivity contribution in [3.63, 3.8) is 0 Å². The first-order chi connectivity index (χ1) is 20.9. The number of ether oxygens (including phenoxy) is 2. The predicted molar refractivity (Wildman–Crippen MR) is 168 cm³/mol. The van der Waals surface area contributed by atoms with Crippen LogP contribution in [-0.2, 0) is 17.7 Å². The minimum Gasteiger partial charge on any atom is -0.474 e. The number of aromatic nitrogens is 3. The smallest absolute Gasteiger partial charge is 0.415 e. The van der Waals surface area contributed by atoms with E-state index in [1.807, 2.05) is 72.3 Å². The van der Waals surface area contributed by atoms with Crippen molar-refractivity contribution < 1.29 is 19.1 Å². The second-order valence-corrected chi connectivity index (χ2v) is 12.8. The van der Waals surface area contributed by atoms with Gasteiger partial charge in [0.05, 0.1) is 36.7 Å². The number of fused-ring (bicyclic) bond motifs is 2. The van der Waals surface area contributed by atoms with Crippen molar-refractivity contribution in [1.82, 2.24) is 25.2 Å². The zero-order chi connectivity index (χ0) is 31.2. The number of nitrogens with one attached hydrogen (secondary N) is 2. The maximum absolute atomic E-state index is 13.1. The van der Waals surface area contributed by atoms with E-state index in [-0.39, 0.29) is 11.9 Å². The number of likely N-dealkylation sites (tertiary alicyclic amines) is 1. The van der Waals surface area contributed by atoms with Gasteiger partial charge in [-0.05, 0) is 77.4 Å². The van der Waals surface area contributed by atoms with Crippen molar-refractivity contribution >= 4 is 35.0 Å². The molecule has 1 aromatic carbocycles. The van der Waals surface area contributed by atoms with E-state index in [1.54, 1.807) is 4.90 Å². The highest BCUT2D eigenvalue weighted by Gasteiger charge is 2.33. The molecule has 2 aromatic heterocycles. The van der Waals surface area contributed by atoms with Gasteiger partial charge in [-0.25, -0.2) is 19.7 Å².